The lowest BCUT2D eigenvalue weighted by Crippen LogP contribution is -2.15. The van der Waals surface area contributed by atoms with Crippen molar-refractivity contribution in [3.8, 4) is 0 Å². The Bertz CT molecular complexity index is 861. The Morgan fingerprint density at radius 3 is 2.57 bits per heavy atom. The van der Waals surface area contributed by atoms with E-state index in [4.69, 9.17) is 14.0 Å². The summed E-state index contributed by atoms with van der Waals surface area (Å²) in [7, 11) is 1.67. The third-order valence-electron chi connectivity index (χ3n) is 4.88. The fraction of sp³-hybridized carbons (Fsp3) is 0.636. The number of hydrogen-bond donors (Lipinski definition) is 0. The summed E-state index contributed by atoms with van der Waals surface area (Å²) in [5, 5.41) is 3.96. The molecule has 166 valence electrons. The predicted molar refractivity (Wildman–Crippen MR) is 112 cm³/mol. The third kappa shape index (κ3) is 6.52. The molecule has 0 aliphatic carbocycles. The summed E-state index contributed by atoms with van der Waals surface area (Å²) in [4.78, 5) is 28.9. The van der Waals surface area contributed by atoms with Crippen LogP contribution in [-0.2, 0) is 32.6 Å². The molecule has 2 heterocycles. The van der Waals surface area contributed by atoms with Crippen molar-refractivity contribution in [3.63, 3.8) is 0 Å². The molecule has 0 amide bonds. The van der Waals surface area contributed by atoms with Crippen LogP contribution < -0.4 is 0 Å². The number of Topliss-reactive ketones (excluding diaryl/α,β-unsaturated/α-hetero) is 1. The van der Waals surface area contributed by atoms with Crippen LogP contribution in [0.1, 0.15) is 73.5 Å². The highest BCUT2D eigenvalue weighted by Gasteiger charge is 2.21. The predicted octanol–water partition coefficient (Wildman–Crippen LogP) is 3.57. The van der Waals surface area contributed by atoms with Gasteiger partial charge in [0.15, 0.2) is 12.4 Å². The number of ketones is 1. The van der Waals surface area contributed by atoms with Gasteiger partial charge in [-0.3, -0.25) is 9.59 Å². The highest BCUT2D eigenvalue weighted by molar-refractivity contribution is 5.99. The lowest BCUT2D eigenvalue weighted by atomic mass is 9.96. The van der Waals surface area contributed by atoms with Crippen LogP contribution in [0.3, 0.4) is 0 Å². The number of methoxy groups -OCH3 is 1. The van der Waals surface area contributed by atoms with Gasteiger partial charge in [0.25, 0.3) is 0 Å². The number of esters is 1. The smallest absolute Gasteiger partial charge is 0.306 e. The lowest BCUT2D eigenvalue weighted by Gasteiger charge is -2.10. The Hall–Kier alpha value is -2.48. The van der Waals surface area contributed by atoms with Gasteiger partial charge in [0, 0.05) is 55.5 Å². The quantitative estimate of drug-likeness (QED) is 0.312. The summed E-state index contributed by atoms with van der Waals surface area (Å²) < 4.78 is 17.6. The maximum absolute atomic E-state index is 12.5. The topological polar surface area (TPSA) is 96.5 Å². The van der Waals surface area contributed by atoms with Crippen LogP contribution in [0.15, 0.2) is 10.6 Å². The SMILES string of the molecule is COCCCn1c(C)cc(C(=O)COC(=O)CCCc2nc(C(C)(C)C)no2)c1C. The van der Waals surface area contributed by atoms with Gasteiger partial charge in [0.05, 0.1) is 0 Å². The van der Waals surface area contributed by atoms with E-state index in [1.54, 1.807) is 7.11 Å². The molecule has 2 aromatic heterocycles. The van der Waals surface area contributed by atoms with Crippen molar-refractivity contribution in [2.45, 2.75) is 72.3 Å². The molecule has 0 aromatic carbocycles. The molecule has 0 bridgehead atoms. The molecular weight excluding hydrogens is 386 g/mol. The van der Waals surface area contributed by atoms with E-state index in [1.807, 2.05) is 40.7 Å². The van der Waals surface area contributed by atoms with Crippen molar-refractivity contribution >= 4 is 11.8 Å². The second-order valence-electron chi connectivity index (χ2n) is 8.48. The fourth-order valence-corrected chi connectivity index (χ4v) is 3.14. The molecular formula is C22H33N3O5. The zero-order valence-electron chi connectivity index (χ0n) is 18.9. The second-order valence-corrected chi connectivity index (χ2v) is 8.48. The molecule has 0 saturated heterocycles. The van der Waals surface area contributed by atoms with Crippen LogP contribution in [0, 0.1) is 13.8 Å². The van der Waals surface area contributed by atoms with E-state index in [0.717, 1.165) is 24.4 Å². The molecule has 2 aromatic rings. The van der Waals surface area contributed by atoms with Gasteiger partial charge >= 0.3 is 5.97 Å². The van der Waals surface area contributed by atoms with E-state index in [-0.39, 0.29) is 24.2 Å². The van der Waals surface area contributed by atoms with E-state index in [1.165, 1.54) is 0 Å². The number of rotatable bonds is 11. The molecule has 8 heteroatoms. The average molecular weight is 420 g/mol. The van der Waals surface area contributed by atoms with Crippen molar-refractivity contribution < 1.29 is 23.6 Å². The van der Waals surface area contributed by atoms with E-state index in [2.05, 4.69) is 14.7 Å². The highest BCUT2D eigenvalue weighted by Crippen LogP contribution is 2.19. The van der Waals surface area contributed by atoms with Gasteiger partial charge in [-0.05, 0) is 32.8 Å². The highest BCUT2D eigenvalue weighted by atomic mass is 16.5. The first-order valence-corrected chi connectivity index (χ1v) is 10.3. The van der Waals surface area contributed by atoms with E-state index in [0.29, 0.717) is 36.7 Å². The number of ether oxygens (including phenoxy) is 2. The van der Waals surface area contributed by atoms with Crippen LogP contribution in [0.4, 0.5) is 0 Å². The van der Waals surface area contributed by atoms with E-state index >= 15 is 0 Å². The molecule has 0 saturated carbocycles. The van der Waals surface area contributed by atoms with Crippen molar-refractivity contribution in [2.24, 2.45) is 0 Å². The van der Waals surface area contributed by atoms with Crippen molar-refractivity contribution in [1.29, 1.82) is 0 Å². The molecule has 0 atom stereocenters. The molecule has 0 aliphatic heterocycles. The van der Waals surface area contributed by atoms with Crippen LogP contribution >= 0.6 is 0 Å². The first-order valence-electron chi connectivity index (χ1n) is 10.3. The van der Waals surface area contributed by atoms with Crippen molar-refractivity contribution in [1.82, 2.24) is 14.7 Å². The van der Waals surface area contributed by atoms with Gasteiger partial charge in [0.2, 0.25) is 11.7 Å². The van der Waals surface area contributed by atoms with Gasteiger partial charge in [-0.15, -0.1) is 0 Å². The Balaban J connectivity index is 1.78. The Morgan fingerprint density at radius 1 is 1.20 bits per heavy atom. The Labute approximate surface area is 177 Å². The molecule has 8 nitrogen and oxygen atoms in total. The summed E-state index contributed by atoms with van der Waals surface area (Å²) in [6.45, 7) is 11.1. The first-order chi connectivity index (χ1) is 14.1. The van der Waals surface area contributed by atoms with Crippen LogP contribution in [0.25, 0.3) is 0 Å². The molecule has 0 fully saturated rings. The van der Waals surface area contributed by atoms with Crippen LogP contribution in [0.5, 0.6) is 0 Å². The summed E-state index contributed by atoms with van der Waals surface area (Å²) in [6.07, 6.45) is 2.07. The molecule has 0 spiro atoms. The summed E-state index contributed by atoms with van der Waals surface area (Å²) >= 11 is 0. The monoisotopic (exact) mass is 419 g/mol. The maximum Gasteiger partial charge on any atom is 0.306 e. The fourth-order valence-electron chi connectivity index (χ4n) is 3.14. The second kappa shape index (κ2) is 10.5. The van der Waals surface area contributed by atoms with Gasteiger partial charge in [0.1, 0.15) is 0 Å². The Morgan fingerprint density at radius 2 is 1.93 bits per heavy atom. The molecule has 0 N–H and O–H groups in total. The minimum Gasteiger partial charge on any atom is -0.457 e. The van der Waals surface area contributed by atoms with Crippen LogP contribution in [-0.4, -0.2) is 46.8 Å². The maximum atomic E-state index is 12.5. The number of hydrogen-bond acceptors (Lipinski definition) is 7. The number of aryl methyl sites for hydroxylation is 2. The first kappa shape index (κ1) is 23.8. The molecule has 0 aliphatic rings. The normalized spacial score (nSPS) is 11.7. The van der Waals surface area contributed by atoms with E-state index < -0.39 is 5.97 Å². The summed E-state index contributed by atoms with van der Waals surface area (Å²) in [5.41, 5.74) is 2.31. The lowest BCUT2D eigenvalue weighted by molar-refractivity contribution is -0.142. The number of aromatic nitrogens is 3. The number of nitrogens with zero attached hydrogens (tertiary/aromatic N) is 3. The third-order valence-corrected chi connectivity index (χ3v) is 4.88. The van der Waals surface area contributed by atoms with Gasteiger partial charge in [-0.1, -0.05) is 25.9 Å². The van der Waals surface area contributed by atoms with Crippen molar-refractivity contribution in [3.05, 3.63) is 34.7 Å². The summed E-state index contributed by atoms with van der Waals surface area (Å²) in [6, 6.07) is 1.85. The molecule has 30 heavy (non-hydrogen) atoms. The van der Waals surface area contributed by atoms with Gasteiger partial charge in [-0.2, -0.15) is 4.98 Å². The van der Waals surface area contributed by atoms with Crippen LogP contribution in [0.2, 0.25) is 0 Å². The largest absolute Gasteiger partial charge is 0.457 e. The standard InChI is InChI=1S/C22H33N3O5/c1-15-13-17(16(2)25(15)11-8-12-28-6)18(26)14-29-20(27)10-7-9-19-23-21(24-30-19)22(3,4)5/h13H,7-12,14H2,1-6H3. The van der Waals surface area contributed by atoms with Gasteiger partial charge in [-0.25, -0.2) is 0 Å². The zero-order chi connectivity index (χ0) is 22.3. The van der Waals surface area contributed by atoms with E-state index in [9.17, 15) is 9.59 Å². The molecule has 0 unspecified atom stereocenters. The molecule has 0 radical (unpaired) electrons. The minimum absolute atomic E-state index is 0.180. The number of carbonyl (C=O) groups excluding carboxylic acids is 2. The minimum atomic E-state index is -0.409. The zero-order valence-corrected chi connectivity index (χ0v) is 18.9. The van der Waals surface area contributed by atoms with Crippen molar-refractivity contribution in [2.75, 3.05) is 20.3 Å². The number of carbonyl (C=O) groups is 2. The van der Waals surface area contributed by atoms with Gasteiger partial charge < -0.3 is 18.6 Å². The summed E-state index contributed by atoms with van der Waals surface area (Å²) in [5.74, 6) is 0.546. The Kier molecular flexibility index (Phi) is 8.34. The average Bonchev–Trinajstić information content (AvgIpc) is 3.26. The molecule has 2 rings (SSSR count).